The van der Waals surface area contributed by atoms with Crippen LogP contribution in [0.2, 0.25) is 5.22 Å². The number of benzene rings is 2. The molecule has 36 heavy (non-hydrogen) atoms. The predicted molar refractivity (Wildman–Crippen MR) is 124 cm³/mol. The lowest BCUT2D eigenvalue weighted by molar-refractivity contribution is -0.286. The Balaban J connectivity index is 1.53. The number of furan rings is 1. The second kappa shape index (κ2) is 8.66. The van der Waals surface area contributed by atoms with Gasteiger partial charge in [-0.2, -0.15) is 10.4 Å². The zero-order valence-electron chi connectivity index (χ0n) is 18.5. The Bertz CT molecular complexity index is 1630. The van der Waals surface area contributed by atoms with Gasteiger partial charge in [-0.1, -0.05) is 12.1 Å². The van der Waals surface area contributed by atoms with Gasteiger partial charge in [0.1, 0.15) is 12.2 Å². The van der Waals surface area contributed by atoms with Gasteiger partial charge in [-0.3, -0.25) is 9.59 Å². The molecule has 0 N–H and O–H groups in total. The zero-order chi connectivity index (χ0) is 25.6. The van der Waals surface area contributed by atoms with Crippen molar-refractivity contribution >= 4 is 34.2 Å². The van der Waals surface area contributed by atoms with Gasteiger partial charge in [0.2, 0.25) is 5.91 Å². The number of amides is 1. The van der Waals surface area contributed by atoms with E-state index in [4.69, 9.17) is 16.0 Å². The third-order valence-corrected chi connectivity index (χ3v) is 5.65. The molecule has 4 aromatic rings. The molecule has 12 heteroatoms. The number of carbonyl (C=O) groups is 1. The normalized spacial score (nSPS) is 13.5. The summed E-state index contributed by atoms with van der Waals surface area (Å²) >= 11 is 6.01. The van der Waals surface area contributed by atoms with Crippen LogP contribution in [0, 0.1) is 11.3 Å². The first-order valence-corrected chi connectivity index (χ1v) is 11.0. The maximum Gasteiger partial charge on any atom is 0.586 e. The van der Waals surface area contributed by atoms with Crippen LogP contribution in [0.1, 0.15) is 12.5 Å². The Morgan fingerprint density at radius 1 is 1.19 bits per heavy atom. The minimum Gasteiger partial charge on any atom is -0.442 e. The molecule has 0 fully saturated rings. The van der Waals surface area contributed by atoms with Crippen molar-refractivity contribution in [2.45, 2.75) is 19.8 Å². The van der Waals surface area contributed by atoms with Gasteiger partial charge in [-0.05, 0) is 42.8 Å². The van der Waals surface area contributed by atoms with E-state index in [-0.39, 0.29) is 45.6 Å². The molecule has 5 rings (SSSR count). The minimum absolute atomic E-state index is 0.0435. The summed E-state index contributed by atoms with van der Waals surface area (Å²) in [5.74, 6) is -0.909. The highest BCUT2D eigenvalue weighted by Gasteiger charge is 2.43. The molecule has 1 aliphatic heterocycles. The van der Waals surface area contributed by atoms with Gasteiger partial charge in [0, 0.05) is 29.9 Å². The molecular weight excluding hydrogens is 498 g/mol. The predicted octanol–water partition coefficient (Wildman–Crippen LogP) is 4.56. The van der Waals surface area contributed by atoms with Crippen LogP contribution in [-0.2, 0) is 11.3 Å². The SMILES string of the molecule is CCN(C(=O)Cn1nc(-c2cccc(C#N)c2)c2oc(Cl)cc2c1=O)c1ccc2c(c1)OC(F)(F)O2. The number of likely N-dealkylation sites (N-methyl/N-ethyl adjacent to an activating group) is 1. The number of nitrogens with zero attached hydrogens (tertiary/aromatic N) is 4. The molecular formula is C24H15ClF2N4O5. The highest BCUT2D eigenvalue weighted by molar-refractivity contribution is 6.29. The number of aromatic nitrogens is 2. The molecule has 1 amide bonds. The maximum absolute atomic E-state index is 13.4. The molecule has 0 spiro atoms. The van der Waals surface area contributed by atoms with Crippen molar-refractivity contribution < 1.29 is 27.5 Å². The Morgan fingerprint density at radius 2 is 1.97 bits per heavy atom. The molecule has 0 bridgehead atoms. The second-order valence-electron chi connectivity index (χ2n) is 7.73. The standard InChI is InChI=1S/C24H15ClF2N4O5/c1-2-30(15-6-7-17-18(9-15)36-24(26,27)35-17)20(32)12-31-23(33)16-10-19(25)34-22(16)21(29-31)14-5-3-4-13(8-14)11-28/h3-10H,2,12H2,1H3. The Morgan fingerprint density at radius 3 is 2.72 bits per heavy atom. The van der Waals surface area contributed by atoms with Crippen molar-refractivity contribution in [3.8, 4) is 28.8 Å². The van der Waals surface area contributed by atoms with Gasteiger partial charge in [0.25, 0.3) is 5.56 Å². The molecule has 0 unspecified atom stereocenters. The quantitative estimate of drug-likeness (QED) is 0.385. The van der Waals surface area contributed by atoms with E-state index in [0.29, 0.717) is 11.1 Å². The monoisotopic (exact) mass is 512 g/mol. The van der Waals surface area contributed by atoms with Crippen molar-refractivity contribution in [2.24, 2.45) is 0 Å². The number of fused-ring (bicyclic) bond motifs is 2. The second-order valence-corrected chi connectivity index (χ2v) is 8.11. The van der Waals surface area contributed by atoms with E-state index < -0.39 is 24.3 Å². The summed E-state index contributed by atoms with van der Waals surface area (Å²) in [6.45, 7) is 1.38. The number of hydrogen-bond acceptors (Lipinski definition) is 7. The third kappa shape index (κ3) is 4.12. The molecule has 1 aliphatic rings. The summed E-state index contributed by atoms with van der Waals surface area (Å²) < 4.78 is 42.1. The molecule has 0 saturated heterocycles. The van der Waals surface area contributed by atoms with Crippen LogP contribution in [0.5, 0.6) is 11.5 Å². The highest BCUT2D eigenvalue weighted by atomic mass is 35.5. The maximum atomic E-state index is 13.4. The summed E-state index contributed by atoms with van der Waals surface area (Å²) in [5.41, 5.74) is 0.831. The largest absolute Gasteiger partial charge is 0.586 e. The van der Waals surface area contributed by atoms with Crippen LogP contribution in [0.25, 0.3) is 22.2 Å². The van der Waals surface area contributed by atoms with Crippen molar-refractivity contribution in [1.82, 2.24) is 9.78 Å². The van der Waals surface area contributed by atoms with Crippen molar-refractivity contribution in [2.75, 3.05) is 11.4 Å². The summed E-state index contributed by atoms with van der Waals surface area (Å²) in [5, 5.41) is 13.6. The molecule has 0 atom stereocenters. The summed E-state index contributed by atoms with van der Waals surface area (Å²) in [7, 11) is 0. The van der Waals surface area contributed by atoms with Crippen LogP contribution in [0.3, 0.4) is 0 Å². The molecule has 182 valence electrons. The lowest BCUT2D eigenvalue weighted by Gasteiger charge is -2.21. The fourth-order valence-electron chi connectivity index (χ4n) is 3.90. The minimum atomic E-state index is -3.79. The average Bonchev–Trinajstić information content (AvgIpc) is 3.39. The van der Waals surface area contributed by atoms with Gasteiger partial charge < -0.3 is 18.8 Å². The van der Waals surface area contributed by atoms with Crippen molar-refractivity contribution in [1.29, 1.82) is 5.26 Å². The first-order valence-electron chi connectivity index (χ1n) is 10.6. The zero-order valence-corrected chi connectivity index (χ0v) is 19.3. The first kappa shape index (κ1) is 23.3. The van der Waals surface area contributed by atoms with Gasteiger partial charge in [-0.15, -0.1) is 8.78 Å². The van der Waals surface area contributed by atoms with Crippen molar-refractivity contribution in [3.05, 3.63) is 69.7 Å². The third-order valence-electron chi connectivity index (χ3n) is 5.47. The Kier molecular flexibility index (Phi) is 5.61. The molecule has 0 radical (unpaired) electrons. The van der Waals surface area contributed by atoms with E-state index in [0.717, 1.165) is 4.68 Å². The number of anilines is 1. The number of ether oxygens (including phenoxy) is 2. The molecule has 3 heterocycles. The first-order chi connectivity index (χ1) is 17.2. The number of nitriles is 1. The number of carbonyl (C=O) groups excluding carboxylic acids is 1. The topological polar surface area (TPSA) is 111 Å². The molecule has 2 aromatic carbocycles. The fourth-order valence-corrected chi connectivity index (χ4v) is 4.09. The summed E-state index contributed by atoms with van der Waals surface area (Å²) in [6.07, 6.45) is -3.79. The average molecular weight is 513 g/mol. The number of alkyl halides is 2. The number of hydrogen-bond donors (Lipinski definition) is 0. The Hall–Kier alpha value is -4.43. The van der Waals surface area contributed by atoms with Gasteiger partial charge in [0.15, 0.2) is 22.3 Å². The van der Waals surface area contributed by atoms with E-state index in [2.05, 4.69) is 14.6 Å². The smallest absolute Gasteiger partial charge is 0.442 e. The molecule has 9 nitrogen and oxygen atoms in total. The van der Waals surface area contributed by atoms with Crippen LogP contribution in [0.4, 0.5) is 14.5 Å². The Labute approximate surface area is 206 Å². The van der Waals surface area contributed by atoms with Crippen LogP contribution >= 0.6 is 11.6 Å². The van der Waals surface area contributed by atoms with Crippen LogP contribution in [-0.4, -0.2) is 28.5 Å². The lowest BCUT2D eigenvalue weighted by atomic mass is 10.1. The van der Waals surface area contributed by atoms with Gasteiger partial charge in [-0.25, -0.2) is 4.68 Å². The van der Waals surface area contributed by atoms with E-state index in [9.17, 15) is 23.6 Å². The summed E-state index contributed by atoms with van der Waals surface area (Å²) in [4.78, 5) is 27.6. The van der Waals surface area contributed by atoms with E-state index in [1.54, 1.807) is 31.2 Å². The van der Waals surface area contributed by atoms with E-state index in [1.807, 2.05) is 6.07 Å². The number of halogens is 3. The van der Waals surface area contributed by atoms with E-state index >= 15 is 0 Å². The highest BCUT2D eigenvalue weighted by Crippen LogP contribution is 2.43. The van der Waals surface area contributed by atoms with Crippen LogP contribution in [0.15, 0.2) is 57.7 Å². The molecule has 0 aliphatic carbocycles. The van der Waals surface area contributed by atoms with Crippen LogP contribution < -0.4 is 19.9 Å². The van der Waals surface area contributed by atoms with E-state index in [1.165, 1.54) is 29.2 Å². The summed E-state index contributed by atoms with van der Waals surface area (Å²) in [6, 6.07) is 13.8. The molecule has 2 aromatic heterocycles. The van der Waals surface area contributed by atoms with Gasteiger partial charge in [0.05, 0.1) is 17.0 Å². The fraction of sp³-hybridized carbons (Fsp3) is 0.167. The molecule has 0 saturated carbocycles. The lowest BCUT2D eigenvalue weighted by Crippen LogP contribution is -2.37. The van der Waals surface area contributed by atoms with Gasteiger partial charge >= 0.3 is 6.29 Å². The number of rotatable bonds is 5. The van der Waals surface area contributed by atoms with Crippen molar-refractivity contribution in [3.63, 3.8) is 0 Å².